The molecule has 2 amide bonds. The monoisotopic (exact) mass is 374 g/mol. The SMILES string of the molecule is O=C(NNC(=O)c1ccc(-n2cnnn2)cc1)c1ccc(-n2cccn2)cc1. The lowest BCUT2D eigenvalue weighted by Gasteiger charge is -2.08. The third kappa shape index (κ3) is 3.60. The third-order valence-corrected chi connectivity index (χ3v) is 3.93. The fourth-order valence-electron chi connectivity index (χ4n) is 2.49. The number of amides is 2. The van der Waals surface area contributed by atoms with Gasteiger partial charge in [-0.1, -0.05) is 0 Å². The second-order valence-corrected chi connectivity index (χ2v) is 5.71. The van der Waals surface area contributed by atoms with E-state index in [0.717, 1.165) is 5.69 Å². The van der Waals surface area contributed by atoms with Crippen LogP contribution in [-0.4, -0.2) is 41.8 Å². The largest absolute Gasteiger partial charge is 0.269 e. The normalized spacial score (nSPS) is 10.4. The van der Waals surface area contributed by atoms with Gasteiger partial charge >= 0.3 is 0 Å². The van der Waals surface area contributed by atoms with E-state index in [1.54, 1.807) is 65.6 Å². The molecule has 138 valence electrons. The van der Waals surface area contributed by atoms with E-state index in [1.165, 1.54) is 11.0 Å². The maximum Gasteiger partial charge on any atom is 0.269 e. The maximum atomic E-state index is 12.2. The first-order chi connectivity index (χ1) is 13.7. The standard InChI is InChI=1S/C18H14N8O2/c27-17(13-2-6-15(7-3-13)25-11-1-10-20-25)21-22-18(28)14-4-8-16(9-5-14)26-12-19-23-24-26/h1-12H,(H,21,27)(H,22,28). The molecule has 2 heterocycles. The average molecular weight is 374 g/mol. The van der Waals surface area contributed by atoms with E-state index >= 15 is 0 Å². The predicted molar refractivity (Wildman–Crippen MR) is 97.7 cm³/mol. The highest BCUT2D eigenvalue weighted by Crippen LogP contribution is 2.09. The summed E-state index contributed by atoms with van der Waals surface area (Å²) in [5.41, 5.74) is 7.11. The highest BCUT2D eigenvalue weighted by atomic mass is 16.2. The van der Waals surface area contributed by atoms with Crippen LogP contribution < -0.4 is 10.9 Å². The second-order valence-electron chi connectivity index (χ2n) is 5.71. The van der Waals surface area contributed by atoms with E-state index in [2.05, 4.69) is 31.5 Å². The van der Waals surface area contributed by atoms with Crippen molar-refractivity contribution in [2.24, 2.45) is 0 Å². The number of carbonyl (C=O) groups is 2. The van der Waals surface area contributed by atoms with Crippen molar-refractivity contribution in [1.29, 1.82) is 0 Å². The summed E-state index contributed by atoms with van der Waals surface area (Å²) >= 11 is 0. The Morgan fingerprint density at radius 2 is 1.36 bits per heavy atom. The Morgan fingerprint density at radius 3 is 1.82 bits per heavy atom. The van der Waals surface area contributed by atoms with E-state index in [0.29, 0.717) is 16.8 Å². The summed E-state index contributed by atoms with van der Waals surface area (Å²) in [5, 5.41) is 15.0. The van der Waals surface area contributed by atoms with E-state index in [4.69, 9.17) is 0 Å². The summed E-state index contributed by atoms with van der Waals surface area (Å²) in [6.07, 6.45) is 4.93. The van der Waals surface area contributed by atoms with Gasteiger partial charge in [-0.3, -0.25) is 20.4 Å². The van der Waals surface area contributed by atoms with Crippen LogP contribution in [0.25, 0.3) is 11.4 Å². The molecule has 0 radical (unpaired) electrons. The van der Waals surface area contributed by atoms with Gasteiger partial charge in [0.05, 0.1) is 11.4 Å². The van der Waals surface area contributed by atoms with Gasteiger partial charge in [-0.05, 0) is 65.0 Å². The fraction of sp³-hybridized carbons (Fsp3) is 0. The lowest BCUT2D eigenvalue weighted by Crippen LogP contribution is -2.41. The molecule has 0 aliphatic carbocycles. The number of hydrogen-bond acceptors (Lipinski definition) is 6. The molecule has 0 bridgehead atoms. The van der Waals surface area contributed by atoms with E-state index in [9.17, 15) is 9.59 Å². The van der Waals surface area contributed by atoms with Gasteiger partial charge < -0.3 is 0 Å². The number of benzene rings is 2. The van der Waals surface area contributed by atoms with E-state index in [1.807, 2.05) is 6.07 Å². The lowest BCUT2D eigenvalue weighted by atomic mass is 10.2. The number of hydrogen-bond donors (Lipinski definition) is 2. The fourth-order valence-corrected chi connectivity index (χ4v) is 2.49. The molecule has 10 heteroatoms. The number of carbonyl (C=O) groups excluding carboxylic acids is 2. The molecule has 0 unspecified atom stereocenters. The molecule has 4 aromatic rings. The maximum absolute atomic E-state index is 12.2. The van der Waals surface area contributed by atoms with Crippen LogP contribution in [0.3, 0.4) is 0 Å². The average Bonchev–Trinajstić information content (AvgIpc) is 3.46. The number of aromatic nitrogens is 6. The van der Waals surface area contributed by atoms with Crippen LogP contribution in [0, 0.1) is 0 Å². The summed E-state index contributed by atoms with van der Waals surface area (Å²) in [6, 6.07) is 15.3. The summed E-state index contributed by atoms with van der Waals surface area (Å²) in [6.45, 7) is 0. The van der Waals surface area contributed by atoms with Gasteiger partial charge in [0, 0.05) is 23.5 Å². The summed E-state index contributed by atoms with van der Waals surface area (Å²) < 4.78 is 3.15. The summed E-state index contributed by atoms with van der Waals surface area (Å²) in [4.78, 5) is 24.4. The first kappa shape index (κ1) is 17.1. The van der Waals surface area contributed by atoms with Crippen molar-refractivity contribution in [3.05, 3.63) is 84.4 Å². The summed E-state index contributed by atoms with van der Waals surface area (Å²) in [7, 11) is 0. The molecule has 0 saturated carbocycles. The Bertz CT molecular complexity index is 982. The Hall–Kier alpha value is -4.34. The molecule has 2 aromatic heterocycles. The quantitative estimate of drug-likeness (QED) is 0.513. The van der Waals surface area contributed by atoms with Crippen LogP contribution in [0.15, 0.2) is 73.3 Å². The molecule has 0 spiro atoms. The van der Waals surface area contributed by atoms with E-state index in [-0.39, 0.29) is 0 Å². The minimum atomic E-state index is -0.440. The predicted octanol–water partition coefficient (Wildman–Crippen LogP) is 0.923. The van der Waals surface area contributed by atoms with Crippen molar-refractivity contribution in [1.82, 2.24) is 40.8 Å². The Morgan fingerprint density at radius 1 is 0.786 bits per heavy atom. The molecular formula is C18H14N8O2. The van der Waals surface area contributed by atoms with Crippen LogP contribution >= 0.6 is 0 Å². The molecule has 28 heavy (non-hydrogen) atoms. The summed E-state index contributed by atoms with van der Waals surface area (Å²) in [5.74, 6) is -0.865. The van der Waals surface area contributed by atoms with Gasteiger partial charge in [0.1, 0.15) is 6.33 Å². The molecule has 0 atom stereocenters. The number of rotatable bonds is 4. The number of tetrazole rings is 1. The Kier molecular flexibility index (Phi) is 4.58. The number of hydrazine groups is 1. The molecule has 4 rings (SSSR count). The van der Waals surface area contributed by atoms with E-state index < -0.39 is 11.8 Å². The van der Waals surface area contributed by atoms with Crippen molar-refractivity contribution in [2.75, 3.05) is 0 Å². The topological polar surface area (TPSA) is 120 Å². The number of nitrogens with zero attached hydrogens (tertiary/aromatic N) is 6. The minimum absolute atomic E-state index is 0.381. The smallest absolute Gasteiger partial charge is 0.267 e. The minimum Gasteiger partial charge on any atom is -0.267 e. The number of nitrogens with one attached hydrogen (secondary N) is 2. The van der Waals surface area contributed by atoms with Crippen molar-refractivity contribution in [2.45, 2.75) is 0 Å². The van der Waals surface area contributed by atoms with Crippen LogP contribution in [0.4, 0.5) is 0 Å². The van der Waals surface area contributed by atoms with Crippen LogP contribution in [0.5, 0.6) is 0 Å². The second kappa shape index (κ2) is 7.50. The van der Waals surface area contributed by atoms with Crippen LogP contribution in [0.2, 0.25) is 0 Å². The van der Waals surface area contributed by atoms with Gasteiger partial charge in [-0.25, -0.2) is 9.36 Å². The molecule has 2 N–H and O–H groups in total. The first-order valence-corrected chi connectivity index (χ1v) is 8.25. The zero-order valence-electron chi connectivity index (χ0n) is 14.4. The van der Waals surface area contributed by atoms with Crippen molar-refractivity contribution >= 4 is 11.8 Å². The van der Waals surface area contributed by atoms with Crippen LogP contribution in [0.1, 0.15) is 20.7 Å². The van der Waals surface area contributed by atoms with Gasteiger partial charge in [-0.15, -0.1) is 5.10 Å². The molecule has 10 nitrogen and oxygen atoms in total. The lowest BCUT2D eigenvalue weighted by molar-refractivity contribution is 0.0846. The van der Waals surface area contributed by atoms with Gasteiger partial charge in [-0.2, -0.15) is 5.10 Å². The highest BCUT2D eigenvalue weighted by Gasteiger charge is 2.10. The van der Waals surface area contributed by atoms with Crippen molar-refractivity contribution < 1.29 is 9.59 Å². The molecule has 0 aliphatic rings. The third-order valence-electron chi connectivity index (χ3n) is 3.93. The Labute approximate surface area is 158 Å². The molecule has 0 aliphatic heterocycles. The molecule has 0 fully saturated rings. The van der Waals surface area contributed by atoms with Crippen molar-refractivity contribution in [3.63, 3.8) is 0 Å². The Balaban J connectivity index is 1.36. The van der Waals surface area contributed by atoms with Crippen molar-refractivity contribution in [3.8, 4) is 11.4 Å². The molecule has 0 saturated heterocycles. The molecule has 2 aromatic carbocycles. The van der Waals surface area contributed by atoms with Crippen LogP contribution in [-0.2, 0) is 0 Å². The van der Waals surface area contributed by atoms with Gasteiger partial charge in [0.2, 0.25) is 0 Å². The van der Waals surface area contributed by atoms with Gasteiger partial charge in [0.25, 0.3) is 11.8 Å². The zero-order chi connectivity index (χ0) is 19.3. The molecular weight excluding hydrogens is 360 g/mol. The van der Waals surface area contributed by atoms with Gasteiger partial charge in [0.15, 0.2) is 0 Å². The zero-order valence-corrected chi connectivity index (χ0v) is 14.4. The highest BCUT2D eigenvalue weighted by molar-refractivity contribution is 5.99. The first-order valence-electron chi connectivity index (χ1n) is 8.25.